The van der Waals surface area contributed by atoms with E-state index in [1.165, 1.54) is 0 Å². The van der Waals surface area contributed by atoms with Gasteiger partial charge in [-0.05, 0) is 43.4 Å². The summed E-state index contributed by atoms with van der Waals surface area (Å²) >= 11 is 0. The van der Waals surface area contributed by atoms with Gasteiger partial charge in [-0.2, -0.15) is 0 Å². The molecule has 0 bridgehead atoms. The molecule has 0 spiro atoms. The van der Waals surface area contributed by atoms with Gasteiger partial charge in [0.1, 0.15) is 17.8 Å². The lowest BCUT2D eigenvalue weighted by molar-refractivity contribution is -0.151. The zero-order valence-corrected chi connectivity index (χ0v) is 17.8. The summed E-state index contributed by atoms with van der Waals surface area (Å²) in [6, 6.07) is 6.52. The number of nitrogens with one attached hydrogen (secondary N) is 2. The van der Waals surface area contributed by atoms with E-state index in [0.717, 1.165) is 16.9 Å². The molecule has 0 aromatic heterocycles. The molecule has 0 aliphatic carbocycles. The molecule has 2 N–H and O–H groups in total. The first-order chi connectivity index (χ1) is 14.1. The maximum Gasteiger partial charge on any atom is 0.326 e. The molecule has 2 rings (SSSR count). The lowest BCUT2D eigenvalue weighted by atomic mass is 9.92. The Hall–Kier alpha value is -3.10. The number of hydrogen-bond acceptors (Lipinski definition) is 6. The number of benzene rings is 1. The van der Waals surface area contributed by atoms with Crippen LogP contribution in [0.3, 0.4) is 0 Å². The third-order valence-corrected chi connectivity index (χ3v) is 4.87. The lowest BCUT2D eigenvalue weighted by Crippen LogP contribution is -2.44. The summed E-state index contributed by atoms with van der Waals surface area (Å²) in [6.45, 7) is 4.94. The predicted octanol–water partition coefficient (Wildman–Crippen LogP) is 1.60. The van der Waals surface area contributed by atoms with Gasteiger partial charge in [0.05, 0.1) is 7.11 Å². The molecule has 1 aliphatic heterocycles. The highest BCUT2D eigenvalue weighted by atomic mass is 16.5. The van der Waals surface area contributed by atoms with Gasteiger partial charge in [-0.15, -0.1) is 0 Å². The molecule has 1 aromatic rings. The Bertz CT molecular complexity index is 792. The molecular weight excluding hydrogens is 390 g/mol. The number of imide groups is 1. The Morgan fingerprint density at radius 2 is 1.87 bits per heavy atom. The minimum absolute atomic E-state index is 0.265. The molecule has 9 heteroatoms. The summed E-state index contributed by atoms with van der Waals surface area (Å²) < 4.78 is 9.97. The number of urea groups is 1. The summed E-state index contributed by atoms with van der Waals surface area (Å²) in [5.74, 6) is -0.694. The van der Waals surface area contributed by atoms with Gasteiger partial charge in [0.25, 0.3) is 11.8 Å². The van der Waals surface area contributed by atoms with Gasteiger partial charge in [0.15, 0.2) is 6.61 Å². The largest absolute Gasteiger partial charge is 0.497 e. The smallest absolute Gasteiger partial charge is 0.326 e. The number of amides is 4. The van der Waals surface area contributed by atoms with E-state index in [9.17, 15) is 19.2 Å². The zero-order chi connectivity index (χ0) is 22.3. The van der Waals surface area contributed by atoms with Crippen molar-refractivity contribution in [3.8, 4) is 5.75 Å². The molecule has 0 radical (unpaired) electrons. The van der Waals surface area contributed by atoms with Crippen LogP contribution < -0.4 is 15.4 Å². The summed E-state index contributed by atoms with van der Waals surface area (Å²) in [5, 5.41) is 5.27. The van der Waals surface area contributed by atoms with Crippen molar-refractivity contribution < 1.29 is 28.7 Å². The van der Waals surface area contributed by atoms with Crippen molar-refractivity contribution in [1.82, 2.24) is 15.5 Å². The molecule has 1 aliphatic rings. The number of esters is 1. The monoisotopic (exact) mass is 419 g/mol. The van der Waals surface area contributed by atoms with E-state index in [1.54, 1.807) is 38.3 Å². The Labute approximate surface area is 176 Å². The van der Waals surface area contributed by atoms with E-state index in [1.807, 2.05) is 13.8 Å². The molecule has 4 amide bonds. The van der Waals surface area contributed by atoms with Crippen molar-refractivity contribution in [2.45, 2.75) is 45.7 Å². The van der Waals surface area contributed by atoms with Crippen LogP contribution in [0.2, 0.25) is 0 Å². The minimum Gasteiger partial charge on any atom is -0.497 e. The normalized spacial score (nSPS) is 18.4. The molecule has 0 unspecified atom stereocenters. The number of hydrogen-bond donors (Lipinski definition) is 2. The van der Waals surface area contributed by atoms with Gasteiger partial charge >= 0.3 is 12.0 Å². The molecule has 9 nitrogen and oxygen atoms in total. The number of carbonyl (C=O) groups excluding carboxylic acids is 4. The Morgan fingerprint density at radius 3 is 2.47 bits per heavy atom. The van der Waals surface area contributed by atoms with E-state index in [2.05, 4.69) is 10.6 Å². The first kappa shape index (κ1) is 23.2. The SMILES string of the molecule is COc1ccc(CNC(=O)COC(=O)CN2C(=O)N[C@](C)(CCC(C)C)C2=O)cc1. The molecule has 1 aromatic carbocycles. The topological polar surface area (TPSA) is 114 Å². The second-order valence-electron chi connectivity index (χ2n) is 7.87. The summed E-state index contributed by atoms with van der Waals surface area (Å²) in [5.41, 5.74) is -0.173. The first-order valence-corrected chi connectivity index (χ1v) is 9.84. The van der Waals surface area contributed by atoms with Crippen molar-refractivity contribution in [2.75, 3.05) is 20.3 Å². The summed E-state index contributed by atoms with van der Waals surface area (Å²) in [4.78, 5) is 49.4. The van der Waals surface area contributed by atoms with Crippen molar-refractivity contribution >= 4 is 23.8 Å². The number of ether oxygens (including phenoxy) is 2. The molecule has 30 heavy (non-hydrogen) atoms. The van der Waals surface area contributed by atoms with Gasteiger partial charge in [0.2, 0.25) is 0 Å². The second kappa shape index (κ2) is 10.1. The minimum atomic E-state index is -1.03. The van der Waals surface area contributed by atoms with Crippen molar-refractivity contribution in [3.63, 3.8) is 0 Å². The van der Waals surface area contributed by atoms with E-state index in [4.69, 9.17) is 9.47 Å². The number of carbonyl (C=O) groups is 4. The lowest BCUT2D eigenvalue weighted by Gasteiger charge is -2.22. The molecule has 164 valence electrons. The molecule has 1 atom stereocenters. The van der Waals surface area contributed by atoms with Gasteiger partial charge in [-0.3, -0.25) is 19.3 Å². The van der Waals surface area contributed by atoms with E-state index >= 15 is 0 Å². The average molecular weight is 419 g/mol. The summed E-state index contributed by atoms with van der Waals surface area (Å²) in [6.07, 6.45) is 1.24. The fraction of sp³-hybridized carbons (Fsp3) is 0.524. The van der Waals surface area contributed by atoms with E-state index < -0.39 is 42.5 Å². The Morgan fingerprint density at radius 1 is 1.20 bits per heavy atom. The van der Waals surface area contributed by atoms with Crippen LogP contribution in [0.15, 0.2) is 24.3 Å². The molecule has 1 saturated heterocycles. The molecular formula is C21H29N3O6. The van der Waals surface area contributed by atoms with Crippen molar-refractivity contribution in [3.05, 3.63) is 29.8 Å². The van der Waals surface area contributed by atoms with Gasteiger partial charge in [0, 0.05) is 6.54 Å². The maximum absolute atomic E-state index is 12.6. The van der Waals surface area contributed by atoms with Gasteiger partial charge in [-0.25, -0.2) is 4.79 Å². The second-order valence-corrected chi connectivity index (χ2v) is 7.87. The van der Waals surface area contributed by atoms with Crippen molar-refractivity contribution in [2.24, 2.45) is 5.92 Å². The fourth-order valence-electron chi connectivity index (χ4n) is 2.95. The van der Waals surface area contributed by atoms with Gasteiger partial charge < -0.3 is 20.1 Å². The standard InChI is InChI=1S/C21H29N3O6/c1-14(2)9-10-21(3)19(27)24(20(28)23-21)12-18(26)30-13-17(25)22-11-15-5-7-16(29-4)8-6-15/h5-8,14H,9-13H2,1-4H3,(H,22,25)(H,23,28)/t21-/m1/s1. The molecule has 0 saturated carbocycles. The Kier molecular flexibility index (Phi) is 7.79. The third kappa shape index (κ3) is 6.20. The van der Waals surface area contributed by atoms with Crippen LogP contribution in [-0.2, 0) is 25.7 Å². The van der Waals surface area contributed by atoms with Crippen LogP contribution >= 0.6 is 0 Å². The highest BCUT2D eigenvalue weighted by Crippen LogP contribution is 2.24. The van der Waals surface area contributed by atoms with Gasteiger partial charge in [-0.1, -0.05) is 26.0 Å². The third-order valence-electron chi connectivity index (χ3n) is 4.87. The quantitative estimate of drug-likeness (QED) is 0.440. The predicted molar refractivity (Wildman–Crippen MR) is 109 cm³/mol. The van der Waals surface area contributed by atoms with Crippen molar-refractivity contribution in [1.29, 1.82) is 0 Å². The van der Waals surface area contributed by atoms with E-state index in [0.29, 0.717) is 18.1 Å². The highest BCUT2D eigenvalue weighted by Gasteiger charge is 2.48. The maximum atomic E-state index is 12.6. The van der Waals surface area contributed by atoms with Crippen LogP contribution in [0.4, 0.5) is 4.79 Å². The fourth-order valence-corrected chi connectivity index (χ4v) is 2.95. The Balaban J connectivity index is 1.77. The molecule has 1 fully saturated rings. The average Bonchev–Trinajstić information content (AvgIpc) is 2.93. The summed E-state index contributed by atoms with van der Waals surface area (Å²) in [7, 11) is 1.57. The van der Waals surface area contributed by atoms with Crippen LogP contribution in [0.25, 0.3) is 0 Å². The molecule has 1 heterocycles. The van der Waals surface area contributed by atoms with Crippen LogP contribution in [-0.4, -0.2) is 54.5 Å². The zero-order valence-electron chi connectivity index (χ0n) is 17.8. The number of rotatable bonds is 10. The van der Waals surface area contributed by atoms with E-state index in [-0.39, 0.29) is 6.54 Å². The van der Waals surface area contributed by atoms with Crippen LogP contribution in [0.5, 0.6) is 5.75 Å². The van der Waals surface area contributed by atoms with Crippen LogP contribution in [0.1, 0.15) is 39.2 Å². The number of nitrogens with zero attached hydrogens (tertiary/aromatic N) is 1. The van der Waals surface area contributed by atoms with Crippen LogP contribution in [0, 0.1) is 5.92 Å². The number of methoxy groups -OCH3 is 1. The highest BCUT2D eigenvalue weighted by molar-refractivity contribution is 6.08. The first-order valence-electron chi connectivity index (χ1n) is 9.84.